The molecule has 0 aliphatic rings. The maximum Gasteiger partial charge on any atom is 0.0928 e. The Labute approximate surface area is 126 Å². The molecule has 1 N–H and O–H groups in total. The fourth-order valence-corrected chi connectivity index (χ4v) is 3.07. The number of hydrogen-bond donors (Lipinski definition) is 1. The average Bonchev–Trinajstić information content (AvgIpc) is 2.92. The van der Waals surface area contributed by atoms with Crippen LogP contribution in [0.5, 0.6) is 0 Å². The molecule has 0 radical (unpaired) electrons. The molecule has 0 aliphatic carbocycles. The summed E-state index contributed by atoms with van der Waals surface area (Å²) in [6, 6.07) is 10.8. The van der Waals surface area contributed by atoms with Crippen molar-refractivity contribution in [3.05, 3.63) is 52.5 Å². The van der Waals surface area contributed by atoms with Crippen molar-refractivity contribution in [3.8, 4) is 0 Å². The maximum absolute atomic E-state index is 4.43. The highest BCUT2D eigenvalue weighted by Gasteiger charge is 2.12. The van der Waals surface area contributed by atoms with Gasteiger partial charge >= 0.3 is 0 Å². The van der Waals surface area contributed by atoms with E-state index in [2.05, 4.69) is 59.9 Å². The summed E-state index contributed by atoms with van der Waals surface area (Å²) in [7, 11) is 0. The number of aromatic nitrogens is 1. The Morgan fingerprint density at radius 2 is 1.90 bits per heavy atom. The fourth-order valence-electron chi connectivity index (χ4n) is 2.34. The van der Waals surface area contributed by atoms with Crippen LogP contribution in [0.15, 0.2) is 41.9 Å². The zero-order valence-corrected chi connectivity index (χ0v) is 13.2. The molecule has 2 aromatic rings. The number of benzene rings is 1. The van der Waals surface area contributed by atoms with Gasteiger partial charge in [0.15, 0.2) is 0 Å². The largest absolute Gasteiger partial charge is 0.316 e. The lowest BCUT2D eigenvalue weighted by atomic mass is 9.96. The van der Waals surface area contributed by atoms with Gasteiger partial charge in [-0.2, -0.15) is 0 Å². The summed E-state index contributed by atoms with van der Waals surface area (Å²) in [5.74, 6) is 1.31. The minimum Gasteiger partial charge on any atom is -0.316 e. The van der Waals surface area contributed by atoms with Gasteiger partial charge in [0.05, 0.1) is 5.01 Å². The van der Waals surface area contributed by atoms with Crippen molar-refractivity contribution in [2.75, 3.05) is 13.1 Å². The molecule has 3 heteroatoms. The normalized spacial score (nSPS) is 12.8. The Kier molecular flexibility index (Phi) is 6.22. The second-order valence-corrected chi connectivity index (χ2v) is 6.72. The number of hydrogen-bond acceptors (Lipinski definition) is 3. The zero-order valence-electron chi connectivity index (χ0n) is 12.4. The van der Waals surface area contributed by atoms with E-state index in [9.17, 15) is 0 Å². The van der Waals surface area contributed by atoms with E-state index in [0.717, 1.165) is 25.9 Å². The molecule has 0 saturated heterocycles. The number of thiazole rings is 1. The summed E-state index contributed by atoms with van der Waals surface area (Å²) >= 11 is 1.76. The lowest BCUT2D eigenvalue weighted by Crippen LogP contribution is -2.28. The van der Waals surface area contributed by atoms with Crippen LogP contribution >= 0.6 is 11.3 Å². The van der Waals surface area contributed by atoms with Gasteiger partial charge < -0.3 is 5.32 Å². The quantitative estimate of drug-likeness (QED) is 0.799. The molecule has 0 amide bonds. The van der Waals surface area contributed by atoms with E-state index in [1.165, 1.54) is 10.6 Å². The van der Waals surface area contributed by atoms with Crippen molar-refractivity contribution in [2.45, 2.75) is 26.7 Å². The van der Waals surface area contributed by atoms with Gasteiger partial charge in [0.1, 0.15) is 0 Å². The summed E-state index contributed by atoms with van der Waals surface area (Å²) in [6.45, 7) is 6.65. The van der Waals surface area contributed by atoms with Gasteiger partial charge in [-0.25, -0.2) is 4.98 Å². The predicted octanol–water partition coefficient (Wildman–Crippen LogP) is 3.79. The highest BCUT2D eigenvalue weighted by Crippen LogP contribution is 2.16. The predicted molar refractivity (Wildman–Crippen MR) is 87.2 cm³/mol. The second-order valence-electron chi connectivity index (χ2n) is 5.74. The molecular weight excluding hydrogens is 264 g/mol. The van der Waals surface area contributed by atoms with E-state index in [1.807, 2.05) is 6.20 Å². The molecule has 0 aliphatic heterocycles. The third-order valence-electron chi connectivity index (χ3n) is 3.30. The monoisotopic (exact) mass is 288 g/mol. The molecular formula is C17H24N2S. The van der Waals surface area contributed by atoms with Crippen LogP contribution in [0.1, 0.15) is 24.4 Å². The third kappa shape index (κ3) is 5.43. The van der Waals surface area contributed by atoms with E-state index in [1.54, 1.807) is 11.3 Å². The molecule has 1 aromatic heterocycles. The molecule has 0 bridgehead atoms. The van der Waals surface area contributed by atoms with Gasteiger partial charge in [-0.3, -0.25) is 0 Å². The molecule has 1 unspecified atom stereocenters. The Hall–Kier alpha value is -1.19. The summed E-state index contributed by atoms with van der Waals surface area (Å²) in [6.07, 6.45) is 4.09. The van der Waals surface area contributed by atoms with Crippen LogP contribution in [-0.2, 0) is 12.8 Å². The topological polar surface area (TPSA) is 24.9 Å². The van der Waals surface area contributed by atoms with Crippen molar-refractivity contribution in [2.24, 2.45) is 11.8 Å². The third-order valence-corrected chi connectivity index (χ3v) is 4.10. The maximum atomic E-state index is 4.43. The van der Waals surface area contributed by atoms with Crippen LogP contribution < -0.4 is 5.32 Å². The highest BCUT2D eigenvalue weighted by molar-refractivity contribution is 7.09. The molecule has 1 aromatic carbocycles. The van der Waals surface area contributed by atoms with Gasteiger partial charge in [0.25, 0.3) is 0 Å². The lowest BCUT2D eigenvalue weighted by Gasteiger charge is -2.17. The molecule has 108 valence electrons. The molecule has 0 saturated carbocycles. The Bertz CT molecular complexity index is 465. The van der Waals surface area contributed by atoms with Crippen molar-refractivity contribution in [1.82, 2.24) is 10.3 Å². The summed E-state index contributed by atoms with van der Waals surface area (Å²) in [5.41, 5.74) is 1.42. The number of nitrogens with one attached hydrogen (secondary N) is 1. The molecule has 2 rings (SSSR count). The summed E-state index contributed by atoms with van der Waals surface area (Å²) in [5, 5.41) is 6.91. The number of rotatable bonds is 8. The van der Waals surface area contributed by atoms with Crippen molar-refractivity contribution in [3.63, 3.8) is 0 Å². The van der Waals surface area contributed by atoms with Crippen LogP contribution in [0.25, 0.3) is 0 Å². The van der Waals surface area contributed by atoms with Crippen molar-refractivity contribution in [1.29, 1.82) is 0 Å². The Balaban J connectivity index is 1.92. The van der Waals surface area contributed by atoms with Crippen LogP contribution in [-0.4, -0.2) is 18.1 Å². The molecule has 2 nitrogen and oxygen atoms in total. The van der Waals surface area contributed by atoms with Crippen LogP contribution in [0, 0.1) is 11.8 Å². The van der Waals surface area contributed by atoms with E-state index in [0.29, 0.717) is 11.8 Å². The summed E-state index contributed by atoms with van der Waals surface area (Å²) < 4.78 is 0. The van der Waals surface area contributed by atoms with Crippen LogP contribution in [0.4, 0.5) is 0 Å². The molecule has 20 heavy (non-hydrogen) atoms. The molecule has 1 atom stereocenters. The van der Waals surface area contributed by atoms with Gasteiger partial charge in [0, 0.05) is 18.0 Å². The molecule has 0 fully saturated rings. The van der Waals surface area contributed by atoms with E-state index in [4.69, 9.17) is 0 Å². The zero-order chi connectivity index (χ0) is 14.2. The molecule has 1 heterocycles. The first-order valence-corrected chi connectivity index (χ1v) is 8.25. The van der Waals surface area contributed by atoms with Gasteiger partial charge in [-0.15, -0.1) is 11.3 Å². The minimum absolute atomic E-state index is 0.613. The smallest absolute Gasteiger partial charge is 0.0928 e. The summed E-state index contributed by atoms with van der Waals surface area (Å²) in [4.78, 5) is 4.43. The first kappa shape index (κ1) is 15.2. The average molecular weight is 288 g/mol. The first-order chi connectivity index (χ1) is 9.74. The second kappa shape index (κ2) is 8.18. The Morgan fingerprint density at radius 1 is 1.10 bits per heavy atom. The van der Waals surface area contributed by atoms with Crippen molar-refractivity contribution >= 4 is 11.3 Å². The Morgan fingerprint density at radius 3 is 2.55 bits per heavy atom. The van der Waals surface area contributed by atoms with Gasteiger partial charge in [-0.1, -0.05) is 44.2 Å². The van der Waals surface area contributed by atoms with E-state index in [-0.39, 0.29) is 0 Å². The highest BCUT2D eigenvalue weighted by atomic mass is 32.1. The fraction of sp³-hybridized carbons (Fsp3) is 0.471. The molecule has 0 spiro atoms. The van der Waals surface area contributed by atoms with Crippen LogP contribution in [0.3, 0.4) is 0 Å². The van der Waals surface area contributed by atoms with Gasteiger partial charge in [-0.05, 0) is 36.9 Å². The standard InChI is InChI=1S/C17H24N2S/c1-14(2)12-18-13-16(11-17-19-8-9-20-17)10-15-6-4-3-5-7-15/h3-9,14,16,18H,10-13H2,1-2H3. The first-order valence-electron chi connectivity index (χ1n) is 7.37. The minimum atomic E-state index is 0.613. The van der Waals surface area contributed by atoms with Crippen LogP contribution in [0.2, 0.25) is 0 Å². The van der Waals surface area contributed by atoms with Gasteiger partial charge in [0.2, 0.25) is 0 Å². The lowest BCUT2D eigenvalue weighted by molar-refractivity contribution is 0.445. The SMILES string of the molecule is CC(C)CNCC(Cc1ccccc1)Cc1nccs1. The van der Waals surface area contributed by atoms with E-state index < -0.39 is 0 Å². The van der Waals surface area contributed by atoms with Crippen molar-refractivity contribution < 1.29 is 0 Å². The number of nitrogens with zero attached hydrogens (tertiary/aromatic N) is 1. The van der Waals surface area contributed by atoms with E-state index >= 15 is 0 Å².